The average Bonchev–Trinajstić information content (AvgIpc) is 2.43. The van der Waals surface area contributed by atoms with Gasteiger partial charge in [0.25, 0.3) is 0 Å². The third-order valence-electron chi connectivity index (χ3n) is 3.94. The first-order chi connectivity index (χ1) is 10.0. The molecule has 1 fully saturated rings. The Kier molecular flexibility index (Phi) is 6.62. The lowest BCUT2D eigenvalue weighted by Crippen LogP contribution is -2.32. The van der Waals surface area contributed by atoms with E-state index < -0.39 is 6.10 Å². The Morgan fingerprint density at radius 1 is 1.24 bits per heavy atom. The monoisotopic (exact) mass is 331 g/mol. The normalized spacial score (nSPS) is 23.8. The van der Waals surface area contributed by atoms with Crippen LogP contribution in [0.5, 0.6) is 0 Å². The lowest BCUT2D eigenvalue weighted by atomic mass is 9.88. The molecule has 21 heavy (non-hydrogen) atoms. The molecule has 0 radical (unpaired) electrons. The zero-order valence-electron chi connectivity index (χ0n) is 12.3. The van der Waals surface area contributed by atoms with Crippen LogP contribution in [-0.4, -0.2) is 30.5 Å². The second kappa shape index (κ2) is 8.23. The lowest BCUT2D eigenvalue weighted by molar-refractivity contribution is -0.0424. The molecule has 1 aromatic rings. The van der Waals surface area contributed by atoms with Gasteiger partial charge in [-0.1, -0.05) is 43.0 Å². The molecule has 1 aliphatic rings. The molecule has 1 aromatic carbocycles. The molecule has 2 N–H and O–H groups in total. The Morgan fingerprint density at radius 3 is 2.57 bits per heavy atom. The van der Waals surface area contributed by atoms with E-state index in [0.717, 1.165) is 12.1 Å². The SMILES string of the molecule is CC1CCCCC1OCC(O)CNc1cc(Cl)cc(Cl)c1. The number of aliphatic hydroxyl groups is 1. The summed E-state index contributed by atoms with van der Waals surface area (Å²) in [5, 5.41) is 14.3. The van der Waals surface area contributed by atoms with Crippen molar-refractivity contribution in [1.82, 2.24) is 0 Å². The molecule has 0 bridgehead atoms. The maximum Gasteiger partial charge on any atom is 0.0945 e. The summed E-state index contributed by atoms with van der Waals surface area (Å²) in [6, 6.07) is 5.24. The van der Waals surface area contributed by atoms with Gasteiger partial charge in [0.05, 0.1) is 18.8 Å². The molecule has 3 nitrogen and oxygen atoms in total. The van der Waals surface area contributed by atoms with Gasteiger partial charge in [-0.25, -0.2) is 0 Å². The largest absolute Gasteiger partial charge is 0.389 e. The molecule has 3 unspecified atom stereocenters. The van der Waals surface area contributed by atoms with Gasteiger partial charge in [0.2, 0.25) is 0 Å². The molecule has 1 aliphatic carbocycles. The van der Waals surface area contributed by atoms with Crippen molar-refractivity contribution in [1.29, 1.82) is 0 Å². The van der Waals surface area contributed by atoms with E-state index in [0.29, 0.717) is 29.1 Å². The standard InChI is InChI=1S/C16H23Cl2NO2/c1-11-4-2-3-5-16(11)21-10-15(20)9-19-14-7-12(17)6-13(18)8-14/h6-8,11,15-16,19-20H,2-5,9-10H2,1H3. The predicted molar refractivity (Wildman–Crippen MR) is 88.3 cm³/mol. The van der Waals surface area contributed by atoms with Crippen molar-refractivity contribution < 1.29 is 9.84 Å². The summed E-state index contributed by atoms with van der Waals surface area (Å²) in [7, 11) is 0. The molecule has 118 valence electrons. The fourth-order valence-electron chi connectivity index (χ4n) is 2.72. The maximum atomic E-state index is 10.0. The summed E-state index contributed by atoms with van der Waals surface area (Å²) in [6.07, 6.45) is 4.59. The fraction of sp³-hybridized carbons (Fsp3) is 0.625. The summed E-state index contributed by atoms with van der Waals surface area (Å²) >= 11 is 11.9. The third kappa shape index (κ3) is 5.67. The number of hydrogen-bond donors (Lipinski definition) is 2. The maximum absolute atomic E-state index is 10.0. The molecular weight excluding hydrogens is 309 g/mol. The van der Waals surface area contributed by atoms with Gasteiger partial charge in [0.15, 0.2) is 0 Å². The van der Waals surface area contributed by atoms with Crippen molar-refractivity contribution in [2.45, 2.75) is 44.8 Å². The summed E-state index contributed by atoms with van der Waals surface area (Å²) in [6.45, 7) is 3.00. The number of anilines is 1. The Balaban J connectivity index is 1.73. The summed E-state index contributed by atoms with van der Waals surface area (Å²) in [5.41, 5.74) is 0.803. The van der Waals surface area contributed by atoms with E-state index in [-0.39, 0.29) is 6.10 Å². The number of aliphatic hydroxyl groups excluding tert-OH is 1. The second-order valence-electron chi connectivity index (χ2n) is 5.83. The van der Waals surface area contributed by atoms with Gasteiger partial charge in [0.1, 0.15) is 0 Å². The van der Waals surface area contributed by atoms with Gasteiger partial charge in [-0.15, -0.1) is 0 Å². The topological polar surface area (TPSA) is 41.5 Å². The number of hydrogen-bond acceptors (Lipinski definition) is 3. The summed E-state index contributed by atoms with van der Waals surface area (Å²) in [5.74, 6) is 0.589. The molecule has 1 saturated carbocycles. The second-order valence-corrected chi connectivity index (χ2v) is 6.70. The highest BCUT2D eigenvalue weighted by molar-refractivity contribution is 6.35. The molecule has 0 heterocycles. The van der Waals surface area contributed by atoms with E-state index in [1.54, 1.807) is 18.2 Å². The Bertz CT molecular complexity index is 436. The molecule has 3 atom stereocenters. The first-order valence-electron chi connectivity index (χ1n) is 7.54. The minimum Gasteiger partial charge on any atom is -0.389 e. The average molecular weight is 332 g/mol. The van der Waals surface area contributed by atoms with E-state index >= 15 is 0 Å². The highest BCUT2D eigenvalue weighted by atomic mass is 35.5. The van der Waals surface area contributed by atoms with Gasteiger partial charge >= 0.3 is 0 Å². The van der Waals surface area contributed by atoms with Crippen molar-refractivity contribution in [2.75, 3.05) is 18.5 Å². The van der Waals surface area contributed by atoms with Crippen LogP contribution in [-0.2, 0) is 4.74 Å². The van der Waals surface area contributed by atoms with Crippen LogP contribution in [0.15, 0.2) is 18.2 Å². The third-order valence-corrected chi connectivity index (χ3v) is 4.38. The summed E-state index contributed by atoms with van der Waals surface area (Å²) in [4.78, 5) is 0. The quantitative estimate of drug-likeness (QED) is 0.813. The predicted octanol–water partition coefficient (Wildman–Crippen LogP) is 4.36. The van der Waals surface area contributed by atoms with Crippen LogP contribution in [0.25, 0.3) is 0 Å². The van der Waals surface area contributed by atoms with Crippen molar-refractivity contribution >= 4 is 28.9 Å². The molecule has 0 aliphatic heterocycles. The molecule has 0 saturated heterocycles. The van der Waals surface area contributed by atoms with Crippen LogP contribution < -0.4 is 5.32 Å². The van der Waals surface area contributed by atoms with Crippen molar-refractivity contribution in [3.8, 4) is 0 Å². The Morgan fingerprint density at radius 2 is 1.90 bits per heavy atom. The first kappa shape index (κ1) is 16.9. The van der Waals surface area contributed by atoms with Crippen LogP contribution in [0, 0.1) is 5.92 Å². The highest BCUT2D eigenvalue weighted by Crippen LogP contribution is 2.26. The van der Waals surface area contributed by atoms with Gasteiger partial charge < -0.3 is 15.2 Å². The van der Waals surface area contributed by atoms with Crippen molar-refractivity contribution in [3.63, 3.8) is 0 Å². The highest BCUT2D eigenvalue weighted by Gasteiger charge is 2.22. The fourth-order valence-corrected chi connectivity index (χ4v) is 3.24. The van der Waals surface area contributed by atoms with E-state index in [2.05, 4.69) is 12.2 Å². The van der Waals surface area contributed by atoms with Gasteiger partial charge in [-0.2, -0.15) is 0 Å². The van der Waals surface area contributed by atoms with E-state index in [4.69, 9.17) is 27.9 Å². The zero-order chi connectivity index (χ0) is 15.2. The van der Waals surface area contributed by atoms with Gasteiger partial charge in [-0.05, 0) is 37.0 Å². The van der Waals surface area contributed by atoms with Gasteiger partial charge in [0, 0.05) is 22.3 Å². The molecule has 5 heteroatoms. The van der Waals surface area contributed by atoms with Gasteiger partial charge in [-0.3, -0.25) is 0 Å². The zero-order valence-corrected chi connectivity index (χ0v) is 13.8. The first-order valence-corrected chi connectivity index (χ1v) is 8.30. The Hall–Kier alpha value is -0.480. The van der Waals surface area contributed by atoms with E-state index in [1.165, 1.54) is 19.3 Å². The van der Waals surface area contributed by atoms with Crippen LogP contribution >= 0.6 is 23.2 Å². The lowest BCUT2D eigenvalue weighted by Gasteiger charge is -2.29. The molecule has 0 amide bonds. The van der Waals surface area contributed by atoms with E-state index in [9.17, 15) is 5.11 Å². The summed E-state index contributed by atoms with van der Waals surface area (Å²) < 4.78 is 5.85. The molecule has 0 spiro atoms. The molecule has 2 rings (SSSR count). The number of benzene rings is 1. The van der Waals surface area contributed by atoms with Crippen molar-refractivity contribution in [3.05, 3.63) is 28.2 Å². The minimum absolute atomic E-state index is 0.286. The number of halogens is 2. The van der Waals surface area contributed by atoms with Crippen LogP contribution in [0.4, 0.5) is 5.69 Å². The minimum atomic E-state index is -0.545. The molecule has 0 aromatic heterocycles. The number of rotatable bonds is 6. The van der Waals surface area contributed by atoms with Crippen LogP contribution in [0.2, 0.25) is 10.0 Å². The van der Waals surface area contributed by atoms with Crippen molar-refractivity contribution in [2.24, 2.45) is 5.92 Å². The molecular formula is C16H23Cl2NO2. The number of ether oxygens (including phenoxy) is 1. The number of nitrogens with one attached hydrogen (secondary N) is 1. The van der Waals surface area contributed by atoms with Crippen LogP contribution in [0.1, 0.15) is 32.6 Å². The van der Waals surface area contributed by atoms with Crippen LogP contribution in [0.3, 0.4) is 0 Å². The smallest absolute Gasteiger partial charge is 0.0945 e. The Labute approximate surface area is 136 Å². The van der Waals surface area contributed by atoms with E-state index in [1.807, 2.05) is 0 Å².